The molecule has 3 heterocycles. The van der Waals surface area contributed by atoms with Crippen molar-refractivity contribution >= 4 is 34.3 Å². The third kappa shape index (κ3) is 5.56. The molecule has 0 bridgehead atoms. The van der Waals surface area contributed by atoms with Crippen molar-refractivity contribution in [2.45, 2.75) is 36.8 Å². The molecule has 3 aromatic carbocycles. The van der Waals surface area contributed by atoms with Crippen molar-refractivity contribution in [2.75, 3.05) is 27.4 Å². The normalized spacial score (nSPS) is 17.9. The van der Waals surface area contributed by atoms with E-state index in [1.807, 2.05) is 10.9 Å². The highest BCUT2D eigenvalue weighted by atomic mass is 35.5. The van der Waals surface area contributed by atoms with Gasteiger partial charge in [0.15, 0.2) is 0 Å². The molecule has 11 nitrogen and oxygen atoms in total. The first-order valence-corrected chi connectivity index (χ1v) is 16.1. The van der Waals surface area contributed by atoms with E-state index >= 15 is 4.39 Å². The number of nitrogens with two attached hydrogens (primary N) is 1. The van der Waals surface area contributed by atoms with E-state index in [0.717, 1.165) is 18.9 Å². The number of hydrogen-bond acceptors (Lipinski definition) is 8. The van der Waals surface area contributed by atoms with Gasteiger partial charge < -0.3 is 30.4 Å². The second kappa shape index (κ2) is 12.3. The molecule has 2 amide bonds. The molecule has 2 atom stereocenters. The van der Waals surface area contributed by atoms with Crippen molar-refractivity contribution < 1.29 is 37.7 Å². The van der Waals surface area contributed by atoms with Crippen molar-refractivity contribution in [3.8, 4) is 28.5 Å². The van der Waals surface area contributed by atoms with Crippen LogP contribution in [-0.2, 0) is 15.8 Å². The highest BCUT2D eigenvalue weighted by Crippen LogP contribution is 2.47. The van der Waals surface area contributed by atoms with Gasteiger partial charge in [-0.15, -0.1) is 0 Å². The Balaban J connectivity index is 1.36. The lowest BCUT2D eigenvalue weighted by molar-refractivity contribution is -0.123. The third-order valence-corrected chi connectivity index (χ3v) is 9.64. The molecule has 1 aliphatic carbocycles. The molecule has 4 N–H and O–H groups in total. The van der Waals surface area contributed by atoms with Crippen LogP contribution in [0.2, 0.25) is 5.02 Å². The molecule has 258 valence electrons. The molecule has 14 heteroatoms. The van der Waals surface area contributed by atoms with E-state index in [1.54, 1.807) is 43.3 Å². The Bertz CT molecular complexity index is 2210. The van der Waals surface area contributed by atoms with E-state index in [0.29, 0.717) is 34.5 Å². The molecule has 50 heavy (non-hydrogen) atoms. The predicted molar refractivity (Wildman–Crippen MR) is 180 cm³/mol. The summed E-state index contributed by atoms with van der Waals surface area (Å²) in [5.41, 5.74) is 3.10. The Morgan fingerprint density at radius 2 is 1.92 bits per heavy atom. The number of carbonyl (C=O) groups excluding carboxylic acids is 2. The first kappa shape index (κ1) is 33.2. The summed E-state index contributed by atoms with van der Waals surface area (Å²) in [6.07, 6.45) is 3.92. The number of halogens is 3. The number of hydrogen-bond donors (Lipinski definition) is 3. The van der Waals surface area contributed by atoms with E-state index in [4.69, 9.17) is 31.5 Å². The lowest BCUT2D eigenvalue weighted by Crippen LogP contribution is -2.43. The zero-order valence-corrected chi connectivity index (χ0v) is 28.0. The number of carbonyl (C=O) groups is 2. The van der Waals surface area contributed by atoms with Gasteiger partial charge in [-0.2, -0.15) is 5.10 Å². The summed E-state index contributed by atoms with van der Waals surface area (Å²) in [7, 11) is 2.95. The minimum absolute atomic E-state index is 0.0146. The fourth-order valence-electron chi connectivity index (χ4n) is 6.15. The van der Waals surface area contributed by atoms with Gasteiger partial charge in [0.05, 0.1) is 37.5 Å². The maximum atomic E-state index is 15.4. The number of nitrogens with zero attached hydrogens (tertiary/aromatic N) is 3. The van der Waals surface area contributed by atoms with Crippen molar-refractivity contribution in [3.63, 3.8) is 0 Å². The van der Waals surface area contributed by atoms with Crippen LogP contribution >= 0.6 is 11.6 Å². The first-order chi connectivity index (χ1) is 23.9. The van der Waals surface area contributed by atoms with E-state index in [9.17, 15) is 19.1 Å². The highest BCUT2D eigenvalue weighted by Gasteiger charge is 2.46. The van der Waals surface area contributed by atoms with Crippen molar-refractivity contribution in [3.05, 3.63) is 99.8 Å². The summed E-state index contributed by atoms with van der Waals surface area (Å²) >= 11 is 6.06. The zero-order valence-electron chi connectivity index (χ0n) is 27.2. The fraction of sp³-hybridized carbons (Fsp3) is 0.278. The molecule has 1 fully saturated rings. The molecule has 1 saturated carbocycles. The largest absolute Gasteiger partial charge is 0.497 e. The van der Waals surface area contributed by atoms with Crippen LogP contribution in [0.25, 0.3) is 22.2 Å². The number of aliphatic hydroxyl groups is 1. The number of primary amides is 1. The molecule has 0 saturated heterocycles. The number of pyridine rings is 1. The second-order valence-corrected chi connectivity index (χ2v) is 13.1. The number of aromatic nitrogens is 3. The fourth-order valence-corrected chi connectivity index (χ4v) is 6.32. The van der Waals surface area contributed by atoms with Crippen molar-refractivity contribution in [1.82, 2.24) is 20.1 Å². The summed E-state index contributed by atoms with van der Waals surface area (Å²) in [4.78, 5) is 31.2. The Hall–Kier alpha value is -5.27. The summed E-state index contributed by atoms with van der Waals surface area (Å²) in [6, 6.07) is 13.1. The molecule has 5 aromatic rings. The first-order valence-electron chi connectivity index (χ1n) is 15.7. The standard InChI is InChI=1S/C36H32ClF2N5O6/c1-35(34(40)46)17-50-32-24(35)13-29(42-31(32)23-12-25(37)27(39)14-26(23)38)36(47,20-5-4-6-22(11-20)48-2)16-41-33(45)18-9-19-15-44(21-7-8-21)43-30(19)28(10-18)49-3/h4-6,9-15,21,47H,7-8,16-17H2,1-3H3,(H2,40,46)(H,41,45)/t35-,36+/m0/s1. The second-order valence-electron chi connectivity index (χ2n) is 12.7. The Labute approximate surface area is 289 Å². The van der Waals surface area contributed by atoms with E-state index in [1.165, 1.54) is 20.3 Å². The molecule has 0 unspecified atom stereocenters. The summed E-state index contributed by atoms with van der Waals surface area (Å²) in [5.74, 6) is -2.49. The van der Waals surface area contributed by atoms with Crippen LogP contribution in [0.1, 0.15) is 53.0 Å². The Morgan fingerprint density at radius 3 is 2.62 bits per heavy atom. The lowest BCUT2D eigenvalue weighted by atomic mass is 9.80. The van der Waals surface area contributed by atoms with Crippen molar-refractivity contribution in [1.29, 1.82) is 0 Å². The van der Waals surface area contributed by atoms with Crippen LogP contribution < -0.4 is 25.3 Å². The van der Waals surface area contributed by atoms with Gasteiger partial charge in [0.25, 0.3) is 5.91 Å². The lowest BCUT2D eigenvalue weighted by Gasteiger charge is -2.30. The molecule has 2 aliphatic rings. The number of nitrogens with one attached hydrogen (secondary N) is 1. The van der Waals surface area contributed by atoms with Gasteiger partial charge >= 0.3 is 0 Å². The molecule has 0 spiro atoms. The average Bonchev–Trinajstić information content (AvgIpc) is 3.78. The minimum atomic E-state index is -2.12. The van der Waals surface area contributed by atoms with E-state index < -0.39 is 41.0 Å². The maximum Gasteiger partial charge on any atom is 0.251 e. The van der Waals surface area contributed by atoms with Gasteiger partial charge in [-0.25, -0.2) is 13.8 Å². The van der Waals surface area contributed by atoms with Crippen LogP contribution in [-0.4, -0.2) is 59.1 Å². The molecule has 0 radical (unpaired) electrons. The molecular formula is C36H32ClF2N5O6. The van der Waals surface area contributed by atoms with Crippen LogP contribution in [0, 0.1) is 11.6 Å². The quantitative estimate of drug-likeness (QED) is 0.168. The molecular weight excluding hydrogens is 672 g/mol. The number of methoxy groups -OCH3 is 2. The number of fused-ring (bicyclic) bond motifs is 2. The summed E-state index contributed by atoms with van der Waals surface area (Å²) in [5, 5.41) is 20.4. The minimum Gasteiger partial charge on any atom is -0.497 e. The van der Waals surface area contributed by atoms with Crippen LogP contribution in [0.3, 0.4) is 0 Å². The zero-order chi connectivity index (χ0) is 35.5. The van der Waals surface area contributed by atoms with Gasteiger partial charge in [-0.3, -0.25) is 14.3 Å². The van der Waals surface area contributed by atoms with Gasteiger partial charge in [0.2, 0.25) is 5.91 Å². The molecule has 1 aliphatic heterocycles. The monoisotopic (exact) mass is 703 g/mol. The number of ether oxygens (including phenoxy) is 3. The average molecular weight is 704 g/mol. The Morgan fingerprint density at radius 1 is 1.14 bits per heavy atom. The van der Waals surface area contributed by atoms with Crippen LogP contribution in [0.15, 0.2) is 60.8 Å². The van der Waals surface area contributed by atoms with Crippen LogP contribution in [0.5, 0.6) is 17.2 Å². The molecule has 2 aromatic heterocycles. The number of rotatable bonds is 10. The van der Waals surface area contributed by atoms with Crippen LogP contribution in [0.4, 0.5) is 8.78 Å². The van der Waals surface area contributed by atoms with Gasteiger partial charge in [-0.1, -0.05) is 23.7 Å². The number of benzene rings is 3. The smallest absolute Gasteiger partial charge is 0.251 e. The summed E-state index contributed by atoms with van der Waals surface area (Å²) in [6.45, 7) is 0.888. The number of amides is 2. The van der Waals surface area contributed by atoms with Crippen molar-refractivity contribution in [2.24, 2.45) is 5.73 Å². The SMILES string of the molecule is COc1cccc([C@](O)(CNC(=O)c2cc(OC)c3nn(C4CC4)cc3c2)c2cc3c(c(-c4cc(Cl)c(F)cc4F)n2)OC[C@]3(C)C(N)=O)c1. The van der Waals surface area contributed by atoms with Gasteiger partial charge in [0.1, 0.15) is 57.7 Å². The third-order valence-electron chi connectivity index (χ3n) is 9.35. The van der Waals surface area contributed by atoms with Gasteiger partial charge in [0, 0.05) is 34.3 Å². The van der Waals surface area contributed by atoms with Gasteiger partial charge in [-0.05, 0) is 61.7 Å². The van der Waals surface area contributed by atoms with E-state index in [2.05, 4.69) is 15.4 Å². The molecule has 7 rings (SSSR count). The van der Waals surface area contributed by atoms with E-state index in [-0.39, 0.29) is 51.0 Å². The highest BCUT2D eigenvalue weighted by molar-refractivity contribution is 6.31. The maximum absolute atomic E-state index is 15.4. The Kier molecular flexibility index (Phi) is 8.14. The summed E-state index contributed by atoms with van der Waals surface area (Å²) < 4.78 is 48.4. The topological polar surface area (TPSA) is 151 Å². The predicted octanol–water partition coefficient (Wildman–Crippen LogP) is 5.18.